The maximum atomic E-state index is 5.59. The van der Waals surface area contributed by atoms with E-state index in [-0.39, 0.29) is 0 Å². The van der Waals surface area contributed by atoms with Crippen LogP contribution in [0, 0.1) is 0 Å². The Morgan fingerprint density at radius 2 is 2.18 bits per heavy atom. The van der Waals surface area contributed by atoms with Crippen molar-refractivity contribution >= 4 is 0 Å². The highest BCUT2D eigenvalue weighted by Gasteiger charge is 2.13. The van der Waals surface area contributed by atoms with Crippen molar-refractivity contribution in [2.75, 3.05) is 21.2 Å². The molecule has 2 rings (SSSR count). The van der Waals surface area contributed by atoms with Crippen LogP contribution in [0.3, 0.4) is 0 Å². The zero-order chi connectivity index (χ0) is 12.3. The Kier molecular flexibility index (Phi) is 3.55. The van der Waals surface area contributed by atoms with Crippen LogP contribution in [0.2, 0.25) is 0 Å². The molecule has 0 radical (unpaired) electrons. The third kappa shape index (κ3) is 2.92. The first kappa shape index (κ1) is 11.8. The molecule has 0 aliphatic rings. The van der Waals surface area contributed by atoms with Gasteiger partial charge >= 0.3 is 0 Å². The van der Waals surface area contributed by atoms with Crippen LogP contribution in [-0.2, 0) is 17.9 Å². The Balaban J connectivity index is 2.12. The maximum absolute atomic E-state index is 5.59. The Hall–Kier alpha value is -1.66. The zero-order valence-corrected chi connectivity index (χ0v) is 10.1. The lowest BCUT2D eigenvalue weighted by atomic mass is 10.4. The van der Waals surface area contributed by atoms with Crippen molar-refractivity contribution in [3.05, 3.63) is 23.7 Å². The predicted molar refractivity (Wildman–Crippen MR) is 60.1 cm³/mol. The molecule has 2 aromatic rings. The molecule has 0 spiro atoms. The van der Waals surface area contributed by atoms with Crippen LogP contribution in [0.1, 0.15) is 11.6 Å². The van der Waals surface area contributed by atoms with Gasteiger partial charge in [0.25, 0.3) is 5.89 Å². The molecule has 0 unspecified atom stereocenters. The van der Waals surface area contributed by atoms with Crippen LogP contribution in [0.15, 0.2) is 21.1 Å². The van der Waals surface area contributed by atoms with Gasteiger partial charge in [-0.25, -0.2) is 0 Å². The van der Waals surface area contributed by atoms with Crippen LogP contribution in [0.4, 0.5) is 0 Å². The van der Waals surface area contributed by atoms with Gasteiger partial charge in [-0.2, -0.15) is 4.98 Å². The third-order valence-electron chi connectivity index (χ3n) is 2.09. The normalized spacial score (nSPS) is 11.3. The van der Waals surface area contributed by atoms with E-state index < -0.39 is 0 Å². The van der Waals surface area contributed by atoms with E-state index in [4.69, 9.17) is 13.7 Å². The molecule has 0 bridgehead atoms. The van der Waals surface area contributed by atoms with Crippen LogP contribution in [0.25, 0.3) is 11.7 Å². The molecule has 0 saturated heterocycles. The molecule has 0 N–H and O–H groups in total. The third-order valence-corrected chi connectivity index (χ3v) is 2.09. The first-order valence-corrected chi connectivity index (χ1v) is 5.24. The molecule has 0 saturated carbocycles. The van der Waals surface area contributed by atoms with Gasteiger partial charge < -0.3 is 18.6 Å². The molecule has 0 atom stereocenters. The molecule has 6 heteroatoms. The standard InChI is InChI=1S/C11H15N3O3/c1-14(2)6-8-4-5-9(16-8)11-12-10(7-15-3)13-17-11/h4-5H,6-7H2,1-3H3. The van der Waals surface area contributed by atoms with Gasteiger partial charge in [0.1, 0.15) is 12.4 Å². The minimum atomic E-state index is 0.328. The van der Waals surface area contributed by atoms with E-state index in [0.717, 1.165) is 12.3 Å². The summed E-state index contributed by atoms with van der Waals surface area (Å²) in [6, 6.07) is 3.72. The lowest BCUT2D eigenvalue weighted by Gasteiger charge is -2.05. The van der Waals surface area contributed by atoms with Crippen molar-refractivity contribution in [2.45, 2.75) is 13.2 Å². The van der Waals surface area contributed by atoms with Crippen LogP contribution < -0.4 is 0 Å². The molecule has 17 heavy (non-hydrogen) atoms. The fourth-order valence-electron chi connectivity index (χ4n) is 1.43. The zero-order valence-electron chi connectivity index (χ0n) is 10.1. The van der Waals surface area contributed by atoms with Gasteiger partial charge in [0.2, 0.25) is 0 Å². The topological polar surface area (TPSA) is 64.5 Å². The molecule has 0 aliphatic carbocycles. The molecule has 2 aromatic heterocycles. The van der Waals surface area contributed by atoms with Crippen LogP contribution in [-0.4, -0.2) is 36.2 Å². The number of hydrogen-bond acceptors (Lipinski definition) is 6. The monoisotopic (exact) mass is 237 g/mol. The summed E-state index contributed by atoms with van der Waals surface area (Å²) in [6.07, 6.45) is 0. The first-order valence-electron chi connectivity index (χ1n) is 5.24. The molecule has 6 nitrogen and oxygen atoms in total. The molecular formula is C11H15N3O3. The maximum Gasteiger partial charge on any atom is 0.293 e. The van der Waals surface area contributed by atoms with E-state index in [1.807, 2.05) is 31.1 Å². The van der Waals surface area contributed by atoms with Crippen molar-refractivity contribution in [3.63, 3.8) is 0 Å². The quantitative estimate of drug-likeness (QED) is 0.785. The minimum Gasteiger partial charge on any atom is -0.455 e. The van der Waals surface area contributed by atoms with Gasteiger partial charge in [0.15, 0.2) is 11.6 Å². The summed E-state index contributed by atoms with van der Waals surface area (Å²) in [6.45, 7) is 1.06. The highest BCUT2D eigenvalue weighted by Crippen LogP contribution is 2.20. The fourth-order valence-corrected chi connectivity index (χ4v) is 1.43. The van der Waals surface area contributed by atoms with E-state index in [9.17, 15) is 0 Å². The lowest BCUT2D eigenvalue weighted by molar-refractivity contribution is 0.174. The second kappa shape index (κ2) is 5.11. The Morgan fingerprint density at radius 3 is 2.88 bits per heavy atom. The van der Waals surface area contributed by atoms with E-state index in [1.165, 1.54) is 0 Å². The average molecular weight is 237 g/mol. The SMILES string of the molecule is COCc1noc(-c2ccc(CN(C)C)o2)n1. The molecular weight excluding hydrogens is 222 g/mol. The number of nitrogens with zero attached hydrogens (tertiary/aromatic N) is 3. The van der Waals surface area contributed by atoms with Crippen molar-refractivity contribution in [1.29, 1.82) is 0 Å². The van der Waals surface area contributed by atoms with Gasteiger partial charge in [-0.1, -0.05) is 5.16 Å². The molecule has 92 valence electrons. The van der Waals surface area contributed by atoms with Gasteiger partial charge in [0, 0.05) is 7.11 Å². The number of methoxy groups -OCH3 is 1. The van der Waals surface area contributed by atoms with Gasteiger partial charge in [0.05, 0.1) is 6.54 Å². The number of ether oxygens (including phenoxy) is 1. The number of furan rings is 1. The molecule has 0 amide bonds. The van der Waals surface area contributed by atoms with Crippen molar-refractivity contribution < 1.29 is 13.7 Å². The summed E-state index contributed by atoms with van der Waals surface area (Å²) >= 11 is 0. The van der Waals surface area contributed by atoms with Crippen LogP contribution >= 0.6 is 0 Å². The minimum absolute atomic E-state index is 0.328. The molecule has 0 aromatic carbocycles. The predicted octanol–water partition coefficient (Wildman–Crippen LogP) is 1.54. The summed E-state index contributed by atoms with van der Waals surface area (Å²) in [7, 11) is 5.54. The highest BCUT2D eigenvalue weighted by atomic mass is 16.5. The summed E-state index contributed by atoms with van der Waals surface area (Å²) in [5, 5.41) is 3.77. The smallest absolute Gasteiger partial charge is 0.293 e. The Bertz CT molecular complexity index is 476. The number of aromatic nitrogens is 2. The second-order valence-corrected chi connectivity index (χ2v) is 3.95. The Labute approximate surface area is 99.2 Å². The van der Waals surface area contributed by atoms with Gasteiger partial charge in [-0.3, -0.25) is 0 Å². The van der Waals surface area contributed by atoms with Crippen molar-refractivity contribution in [3.8, 4) is 11.7 Å². The van der Waals surface area contributed by atoms with Gasteiger partial charge in [-0.15, -0.1) is 0 Å². The van der Waals surface area contributed by atoms with E-state index in [1.54, 1.807) is 7.11 Å². The van der Waals surface area contributed by atoms with Crippen molar-refractivity contribution in [2.24, 2.45) is 0 Å². The van der Waals surface area contributed by atoms with E-state index in [2.05, 4.69) is 10.1 Å². The fraction of sp³-hybridized carbons (Fsp3) is 0.455. The molecule has 0 fully saturated rings. The van der Waals surface area contributed by atoms with E-state index in [0.29, 0.717) is 24.1 Å². The average Bonchev–Trinajstić information content (AvgIpc) is 2.86. The highest BCUT2D eigenvalue weighted by molar-refractivity contribution is 5.44. The largest absolute Gasteiger partial charge is 0.455 e. The second-order valence-electron chi connectivity index (χ2n) is 3.95. The lowest BCUT2D eigenvalue weighted by Crippen LogP contribution is -2.09. The summed E-state index contributed by atoms with van der Waals surface area (Å²) < 4.78 is 15.6. The van der Waals surface area contributed by atoms with Gasteiger partial charge in [-0.05, 0) is 26.2 Å². The molecule has 0 aliphatic heterocycles. The number of rotatable bonds is 5. The first-order chi connectivity index (χ1) is 8.19. The number of hydrogen-bond donors (Lipinski definition) is 0. The summed E-state index contributed by atoms with van der Waals surface area (Å²) in [5.41, 5.74) is 0. The Morgan fingerprint density at radius 1 is 1.35 bits per heavy atom. The summed E-state index contributed by atoms with van der Waals surface area (Å²) in [5.74, 6) is 2.32. The summed E-state index contributed by atoms with van der Waals surface area (Å²) in [4.78, 5) is 6.17. The molecule has 2 heterocycles. The van der Waals surface area contributed by atoms with Crippen molar-refractivity contribution in [1.82, 2.24) is 15.0 Å². The van der Waals surface area contributed by atoms with Crippen LogP contribution in [0.5, 0.6) is 0 Å². The van der Waals surface area contributed by atoms with E-state index >= 15 is 0 Å².